The minimum Gasteiger partial charge on any atom is -0.480 e. The largest absolute Gasteiger partial charge is 0.480 e. The number of carboxylic acids is 4. The second-order valence-electron chi connectivity index (χ2n) is 6.96. The Kier molecular flexibility index (Phi) is 12.6. The highest BCUT2D eigenvalue weighted by Crippen LogP contribution is 2.22. The first-order chi connectivity index (χ1) is 14.4. The van der Waals surface area contributed by atoms with E-state index in [1.54, 1.807) is 0 Å². The summed E-state index contributed by atoms with van der Waals surface area (Å²) in [6.07, 6.45) is 0. The fourth-order valence-electron chi connectivity index (χ4n) is 2.37. The Bertz CT molecular complexity index is 656. The minimum absolute atomic E-state index is 0.0703. The van der Waals surface area contributed by atoms with Crippen molar-refractivity contribution in [2.45, 2.75) is 19.4 Å². The molecule has 0 spiro atoms. The van der Waals surface area contributed by atoms with Crippen LogP contribution in [0.3, 0.4) is 0 Å². The molecule has 5 N–H and O–H groups in total. The molecule has 0 aliphatic heterocycles. The van der Waals surface area contributed by atoms with E-state index in [1.165, 1.54) is 0 Å². The third kappa shape index (κ3) is 13.7. The van der Waals surface area contributed by atoms with E-state index in [0.717, 1.165) is 15.4 Å². The molecule has 1 aromatic rings. The lowest BCUT2D eigenvalue weighted by atomic mass is 9.99. The van der Waals surface area contributed by atoms with Crippen molar-refractivity contribution in [3.05, 3.63) is 35.9 Å². The number of rotatable bonds is 13. The van der Waals surface area contributed by atoms with Crippen molar-refractivity contribution in [2.75, 3.05) is 39.3 Å². The molecule has 12 heteroatoms. The Balaban J connectivity index is 0.000000683. The summed E-state index contributed by atoms with van der Waals surface area (Å²) in [5.74, 6) is -4.91. The van der Waals surface area contributed by atoms with Crippen molar-refractivity contribution in [1.29, 1.82) is 0 Å². The molecule has 12 nitrogen and oxygen atoms in total. The molecule has 174 valence electrons. The van der Waals surface area contributed by atoms with Gasteiger partial charge in [0.2, 0.25) is 0 Å². The molecule has 0 saturated carbocycles. The molecule has 0 unspecified atom stereocenters. The number of hydrogen-bond donors (Lipinski definition) is 5. The van der Waals surface area contributed by atoms with Gasteiger partial charge in [-0.25, -0.2) is 4.89 Å². The first kappa shape index (κ1) is 27.9. The standard InChI is InChI=1S/C10H16N2O8.C9H12O2/c13-7(14)3-11(4-8(15)16)1-2-12(5-9(17)18)6-10(19)20;1-9(2,11-10)8-6-4-3-5-7-8/h1-6H2,(H,13,14)(H,15,16)(H,17,18)(H,19,20);3-7,10H,1-2H3. The van der Waals surface area contributed by atoms with Crippen LogP contribution in [0.2, 0.25) is 0 Å². The third-order valence-electron chi connectivity index (χ3n) is 3.87. The van der Waals surface area contributed by atoms with Gasteiger partial charge in [0, 0.05) is 13.1 Å². The molecule has 0 amide bonds. The summed E-state index contributed by atoms with van der Waals surface area (Å²) < 4.78 is 0. The van der Waals surface area contributed by atoms with Crippen LogP contribution >= 0.6 is 0 Å². The number of nitrogens with zero attached hydrogens (tertiary/aromatic N) is 2. The molecule has 0 aliphatic carbocycles. The van der Waals surface area contributed by atoms with Crippen molar-refractivity contribution in [3.8, 4) is 0 Å². The average Bonchev–Trinajstić information content (AvgIpc) is 2.65. The van der Waals surface area contributed by atoms with Crippen molar-refractivity contribution in [2.24, 2.45) is 0 Å². The van der Waals surface area contributed by atoms with Crippen LogP contribution in [0.1, 0.15) is 19.4 Å². The van der Waals surface area contributed by atoms with Crippen LogP contribution in [-0.2, 0) is 29.7 Å². The fourth-order valence-corrected chi connectivity index (χ4v) is 2.37. The summed E-state index contributed by atoms with van der Waals surface area (Å²) >= 11 is 0. The van der Waals surface area contributed by atoms with Crippen LogP contribution < -0.4 is 0 Å². The van der Waals surface area contributed by atoms with Crippen LogP contribution in [0.5, 0.6) is 0 Å². The van der Waals surface area contributed by atoms with E-state index in [0.29, 0.717) is 0 Å². The molecular weight excluding hydrogens is 416 g/mol. The number of benzene rings is 1. The second kappa shape index (κ2) is 14.0. The van der Waals surface area contributed by atoms with Gasteiger partial charge in [-0.2, -0.15) is 0 Å². The molecule has 0 bridgehead atoms. The smallest absolute Gasteiger partial charge is 0.317 e. The van der Waals surface area contributed by atoms with E-state index in [2.05, 4.69) is 4.89 Å². The SMILES string of the molecule is CC(C)(OO)c1ccccc1.O=C(O)CN(CCN(CC(=O)O)CC(=O)O)CC(=O)O. The van der Waals surface area contributed by atoms with Gasteiger partial charge in [-0.1, -0.05) is 30.3 Å². The molecule has 0 aromatic heterocycles. The maximum absolute atomic E-state index is 10.6. The highest BCUT2D eigenvalue weighted by Gasteiger charge is 2.20. The molecule has 0 saturated heterocycles. The van der Waals surface area contributed by atoms with Crippen molar-refractivity contribution in [1.82, 2.24) is 9.80 Å². The summed E-state index contributed by atoms with van der Waals surface area (Å²) in [6.45, 7) is 1.37. The molecule has 0 radical (unpaired) electrons. The van der Waals surface area contributed by atoms with Crippen molar-refractivity contribution in [3.63, 3.8) is 0 Å². The normalized spacial score (nSPS) is 11.0. The van der Waals surface area contributed by atoms with Gasteiger partial charge in [0.05, 0.1) is 26.2 Å². The molecule has 0 heterocycles. The first-order valence-electron chi connectivity index (χ1n) is 9.07. The van der Waals surface area contributed by atoms with E-state index in [1.807, 2.05) is 44.2 Å². The third-order valence-corrected chi connectivity index (χ3v) is 3.87. The second-order valence-corrected chi connectivity index (χ2v) is 6.96. The molecule has 1 rings (SSSR count). The summed E-state index contributed by atoms with van der Waals surface area (Å²) in [6, 6.07) is 9.58. The molecule has 31 heavy (non-hydrogen) atoms. The van der Waals surface area contributed by atoms with Crippen molar-refractivity contribution >= 4 is 23.9 Å². The van der Waals surface area contributed by atoms with Crippen LogP contribution in [0.25, 0.3) is 0 Å². The molecule has 1 aromatic carbocycles. The summed E-state index contributed by atoms with van der Waals surface area (Å²) in [5, 5.41) is 43.0. The lowest BCUT2D eigenvalue weighted by molar-refractivity contribution is -0.318. The monoisotopic (exact) mass is 444 g/mol. The van der Waals surface area contributed by atoms with Crippen LogP contribution in [0.15, 0.2) is 30.3 Å². The Hall–Kier alpha value is -3.06. The summed E-state index contributed by atoms with van der Waals surface area (Å²) in [5.41, 5.74) is 0.351. The first-order valence-corrected chi connectivity index (χ1v) is 9.07. The summed E-state index contributed by atoms with van der Waals surface area (Å²) in [4.78, 5) is 48.7. The van der Waals surface area contributed by atoms with Gasteiger partial charge in [-0.3, -0.25) is 34.2 Å². The number of hydrogen-bond acceptors (Lipinski definition) is 8. The predicted octanol–water partition coefficient (Wildman–Crippen LogP) is 0.340. The maximum atomic E-state index is 10.6. The molecule has 0 atom stereocenters. The average molecular weight is 444 g/mol. The highest BCUT2D eigenvalue weighted by molar-refractivity contribution is 5.73. The van der Waals surface area contributed by atoms with E-state index >= 15 is 0 Å². The zero-order valence-corrected chi connectivity index (χ0v) is 17.3. The quantitative estimate of drug-likeness (QED) is 0.208. The van der Waals surface area contributed by atoms with E-state index in [-0.39, 0.29) is 13.1 Å². The Morgan fingerprint density at radius 3 is 1.32 bits per heavy atom. The summed E-state index contributed by atoms with van der Waals surface area (Å²) in [7, 11) is 0. The van der Waals surface area contributed by atoms with Gasteiger partial charge >= 0.3 is 23.9 Å². The van der Waals surface area contributed by atoms with Gasteiger partial charge in [-0.05, 0) is 19.4 Å². The number of carbonyl (C=O) groups is 4. The molecular formula is C19H28N2O10. The van der Waals surface area contributed by atoms with Gasteiger partial charge in [0.25, 0.3) is 0 Å². The Morgan fingerprint density at radius 1 is 0.742 bits per heavy atom. The Labute approximate surface area is 178 Å². The molecule has 0 aliphatic rings. The maximum Gasteiger partial charge on any atom is 0.317 e. The number of carboxylic acid groups (broad SMARTS) is 4. The minimum atomic E-state index is -1.23. The zero-order chi connectivity index (χ0) is 24.0. The topological polar surface area (TPSA) is 185 Å². The van der Waals surface area contributed by atoms with Gasteiger partial charge in [-0.15, -0.1) is 0 Å². The van der Waals surface area contributed by atoms with E-state index in [9.17, 15) is 19.2 Å². The van der Waals surface area contributed by atoms with Crippen LogP contribution in [-0.4, -0.2) is 98.6 Å². The molecule has 0 fully saturated rings. The fraction of sp³-hybridized carbons (Fsp3) is 0.474. The van der Waals surface area contributed by atoms with Gasteiger partial charge in [0.1, 0.15) is 5.60 Å². The number of aliphatic carboxylic acids is 4. The zero-order valence-electron chi connectivity index (χ0n) is 17.3. The lowest BCUT2D eigenvalue weighted by Crippen LogP contribution is -2.43. The lowest BCUT2D eigenvalue weighted by Gasteiger charge is -2.23. The van der Waals surface area contributed by atoms with Crippen LogP contribution in [0, 0.1) is 0 Å². The van der Waals surface area contributed by atoms with Gasteiger partial charge < -0.3 is 20.4 Å². The highest BCUT2D eigenvalue weighted by atomic mass is 17.1. The van der Waals surface area contributed by atoms with E-state index in [4.69, 9.17) is 25.7 Å². The Morgan fingerprint density at radius 2 is 1.06 bits per heavy atom. The van der Waals surface area contributed by atoms with Crippen LogP contribution in [0.4, 0.5) is 0 Å². The predicted molar refractivity (Wildman–Crippen MR) is 107 cm³/mol. The van der Waals surface area contributed by atoms with Crippen molar-refractivity contribution < 1.29 is 49.7 Å². The van der Waals surface area contributed by atoms with Gasteiger partial charge in [0.15, 0.2) is 0 Å². The van der Waals surface area contributed by atoms with E-state index < -0.39 is 55.7 Å².